The number of aryl methyl sites for hydroxylation is 2. The molecule has 0 aliphatic rings. The first-order chi connectivity index (χ1) is 9.60. The van der Waals surface area contributed by atoms with Gasteiger partial charge in [0.2, 0.25) is 0 Å². The highest BCUT2D eigenvalue weighted by molar-refractivity contribution is 5.79. The number of aromatic nitrogens is 2. The van der Waals surface area contributed by atoms with E-state index in [1.807, 2.05) is 18.7 Å². The molecule has 0 radical (unpaired) electrons. The molecule has 0 unspecified atom stereocenters. The second-order valence-electron chi connectivity index (χ2n) is 4.74. The molecule has 0 fully saturated rings. The number of ether oxygens (including phenoxy) is 1. The molecule has 0 atom stereocenters. The number of nitrogens with zero attached hydrogens (tertiary/aromatic N) is 3. The summed E-state index contributed by atoms with van der Waals surface area (Å²) in [6.45, 7) is 9.26. The molecule has 1 aromatic heterocycles. The van der Waals surface area contributed by atoms with Gasteiger partial charge in [-0.05, 0) is 27.2 Å². The average Bonchev–Trinajstić information content (AvgIpc) is 2.66. The second kappa shape index (κ2) is 8.58. The summed E-state index contributed by atoms with van der Waals surface area (Å²) in [7, 11) is 3.68. The zero-order valence-corrected chi connectivity index (χ0v) is 13.3. The van der Waals surface area contributed by atoms with Crippen molar-refractivity contribution < 1.29 is 4.74 Å². The Morgan fingerprint density at radius 3 is 2.65 bits per heavy atom. The van der Waals surface area contributed by atoms with E-state index in [9.17, 15) is 0 Å². The van der Waals surface area contributed by atoms with E-state index in [0.717, 1.165) is 37.8 Å². The molecule has 0 saturated carbocycles. The van der Waals surface area contributed by atoms with Gasteiger partial charge >= 0.3 is 0 Å². The Morgan fingerprint density at radius 1 is 1.35 bits per heavy atom. The first-order valence-electron chi connectivity index (χ1n) is 7.10. The lowest BCUT2D eigenvalue weighted by Gasteiger charge is -2.11. The molecule has 1 heterocycles. The van der Waals surface area contributed by atoms with E-state index in [1.165, 1.54) is 11.3 Å². The van der Waals surface area contributed by atoms with Crippen molar-refractivity contribution in [3.05, 3.63) is 17.0 Å². The molecule has 0 aromatic carbocycles. The minimum atomic E-state index is 0.644. The molecule has 1 rings (SSSR count). The molecule has 0 spiro atoms. The van der Waals surface area contributed by atoms with E-state index < -0.39 is 0 Å². The van der Waals surface area contributed by atoms with Crippen molar-refractivity contribution in [3.63, 3.8) is 0 Å². The predicted molar refractivity (Wildman–Crippen MR) is 82.0 cm³/mol. The molecule has 0 aliphatic carbocycles. The van der Waals surface area contributed by atoms with Crippen LogP contribution in [0.3, 0.4) is 0 Å². The maximum absolute atomic E-state index is 5.04. The number of nitrogens with one attached hydrogen (secondary N) is 2. The van der Waals surface area contributed by atoms with Gasteiger partial charge in [-0.15, -0.1) is 0 Å². The SMILES string of the molecule is CCNC(=NCc1c(C)nn(C)c1C)NCCCOC. The summed E-state index contributed by atoms with van der Waals surface area (Å²) in [4.78, 5) is 4.62. The minimum absolute atomic E-state index is 0.644. The zero-order valence-electron chi connectivity index (χ0n) is 13.3. The molecule has 0 saturated heterocycles. The predicted octanol–water partition coefficient (Wildman–Crippen LogP) is 1.13. The van der Waals surface area contributed by atoms with E-state index in [4.69, 9.17) is 4.74 Å². The highest BCUT2D eigenvalue weighted by Gasteiger charge is 2.08. The van der Waals surface area contributed by atoms with E-state index in [0.29, 0.717) is 6.54 Å². The number of guanidine groups is 1. The standard InChI is InChI=1S/C14H27N5O/c1-6-15-14(16-8-7-9-20-5)17-10-13-11(2)18-19(4)12(13)3/h6-10H2,1-5H3,(H2,15,16,17). The van der Waals surface area contributed by atoms with Crippen LogP contribution in [-0.2, 0) is 18.3 Å². The smallest absolute Gasteiger partial charge is 0.191 e. The normalized spacial score (nSPS) is 11.8. The van der Waals surface area contributed by atoms with Gasteiger partial charge in [-0.2, -0.15) is 5.10 Å². The lowest BCUT2D eigenvalue weighted by atomic mass is 10.2. The van der Waals surface area contributed by atoms with Gasteiger partial charge in [-0.3, -0.25) is 4.68 Å². The maximum atomic E-state index is 5.04. The lowest BCUT2D eigenvalue weighted by molar-refractivity contribution is 0.195. The third-order valence-corrected chi connectivity index (χ3v) is 3.22. The monoisotopic (exact) mass is 281 g/mol. The molecule has 0 bridgehead atoms. The van der Waals surface area contributed by atoms with Gasteiger partial charge in [0.1, 0.15) is 0 Å². The number of hydrogen-bond donors (Lipinski definition) is 2. The summed E-state index contributed by atoms with van der Waals surface area (Å²) in [6.07, 6.45) is 0.964. The van der Waals surface area contributed by atoms with Crippen LogP contribution >= 0.6 is 0 Å². The molecule has 6 heteroatoms. The van der Waals surface area contributed by atoms with Crippen LogP contribution in [0, 0.1) is 13.8 Å². The van der Waals surface area contributed by atoms with Crippen molar-refractivity contribution in [2.24, 2.45) is 12.0 Å². The van der Waals surface area contributed by atoms with Gasteiger partial charge in [0.25, 0.3) is 0 Å². The lowest BCUT2D eigenvalue weighted by Crippen LogP contribution is -2.38. The van der Waals surface area contributed by atoms with Crippen LogP contribution in [0.1, 0.15) is 30.3 Å². The second-order valence-corrected chi connectivity index (χ2v) is 4.74. The minimum Gasteiger partial charge on any atom is -0.385 e. The van der Waals surface area contributed by atoms with E-state index in [-0.39, 0.29) is 0 Å². The fourth-order valence-corrected chi connectivity index (χ4v) is 1.97. The van der Waals surface area contributed by atoms with Gasteiger partial charge in [0.05, 0.1) is 12.2 Å². The third-order valence-electron chi connectivity index (χ3n) is 3.22. The molecule has 2 N–H and O–H groups in total. The molecule has 1 aromatic rings. The third kappa shape index (κ3) is 4.85. The van der Waals surface area contributed by atoms with E-state index in [2.05, 4.69) is 34.6 Å². The van der Waals surface area contributed by atoms with Crippen molar-refractivity contribution in [3.8, 4) is 0 Å². The first-order valence-corrected chi connectivity index (χ1v) is 7.10. The van der Waals surface area contributed by atoms with Gasteiger partial charge in [-0.25, -0.2) is 4.99 Å². The van der Waals surface area contributed by atoms with Crippen LogP contribution < -0.4 is 10.6 Å². The maximum Gasteiger partial charge on any atom is 0.191 e. The Labute approximate surface area is 121 Å². The fraction of sp³-hybridized carbons (Fsp3) is 0.714. The van der Waals surface area contributed by atoms with Crippen LogP contribution in [0.4, 0.5) is 0 Å². The number of hydrogen-bond acceptors (Lipinski definition) is 3. The van der Waals surface area contributed by atoms with Crippen molar-refractivity contribution in [2.45, 2.75) is 33.7 Å². The van der Waals surface area contributed by atoms with Crippen LogP contribution in [0.25, 0.3) is 0 Å². The van der Waals surface area contributed by atoms with Crippen molar-refractivity contribution in [1.82, 2.24) is 20.4 Å². The van der Waals surface area contributed by atoms with Crippen molar-refractivity contribution >= 4 is 5.96 Å². The van der Waals surface area contributed by atoms with Gasteiger partial charge in [0, 0.05) is 45.1 Å². The Morgan fingerprint density at radius 2 is 2.10 bits per heavy atom. The van der Waals surface area contributed by atoms with Gasteiger partial charge < -0.3 is 15.4 Å². The summed E-state index contributed by atoms with van der Waals surface area (Å²) in [5.74, 6) is 0.839. The number of methoxy groups -OCH3 is 1. The van der Waals surface area contributed by atoms with Gasteiger partial charge in [-0.1, -0.05) is 0 Å². The highest BCUT2D eigenvalue weighted by atomic mass is 16.5. The average molecular weight is 281 g/mol. The van der Waals surface area contributed by atoms with Crippen LogP contribution in [0.5, 0.6) is 0 Å². The van der Waals surface area contributed by atoms with Crippen molar-refractivity contribution in [1.29, 1.82) is 0 Å². The summed E-state index contributed by atoms with van der Waals surface area (Å²) < 4.78 is 6.94. The highest BCUT2D eigenvalue weighted by Crippen LogP contribution is 2.12. The molecule has 0 aliphatic heterocycles. The molecule has 6 nitrogen and oxygen atoms in total. The zero-order chi connectivity index (χ0) is 15.0. The summed E-state index contributed by atoms with van der Waals surface area (Å²) in [5.41, 5.74) is 3.41. The fourth-order valence-electron chi connectivity index (χ4n) is 1.97. The molecular weight excluding hydrogens is 254 g/mol. The molecule has 0 amide bonds. The Bertz CT molecular complexity index is 439. The van der Waals surface area contributed by atoms with Crippen LogP contribution in [-0.4, -0.2) is 42.5 Å². The van der Waals surface area contributed by atoms with Crippen LogP contribution in [0.2, 0.25) is 0 Å². The van der Waals surface area contributed by atoms with Crippen molar-refractivity contribution in [2.75, 3.05) is 26.8 Å². The largest absolute Gasteiger partial charge is 0.385 e. The Balaban J connectivity index is 2.61. The topological polar surface area (TPSA) is 63.5 Å². The molecule has 20 heavy (non-hydrogen) atoms. The van der Waals surface area contributed by atoms with Gasteiger partial charge in [0.15, 0.2) is 5.96 Å². The van der Waals surface area contributed by atoms with Crippen LogP contribution in [0.15, 0.2) is 4.99 Å². The van der Waals surface area contributed by atoms with E-state index >= 15 is 0 Å². The molecule has 114 valence electrons. The quantitative estimate of drug-likeness (QED) is 0.447. The summed E-state index contributed by atoms with van der Waals surface area (Å²) >= 11 is 0. The Kier molecular flexibility index (Phi) is 7.08. The molecular formula is C14H27N5O. The number of rotatable bonds is 7. The summed E-state index contributed by atoms with van der Waals surface area (Å²) in [6, 6.07) is 0. The van der Waals surface area contributed by atoms with E-state index in [1.54, 1.807) is 7.11 Å². The summed E-state index contributed by atoms with van der Waals surface area (Å²) in [5, 5.41) is 11.0. The Hall–Kier alpha value is -1.56. The number of aliphatic imine (C=N–C) groups is 1. The first kappa shape index (κ1) is 16.5.